The number of rotatable bonds is 59. The summed E-state index contributed by atoms with van der Waals surface area (Å²) in [5, 5.41) is 10.5. The van der Waals surface area contributed by atoms with Gasteiger partial charge in [0.1, 0.15) is 19.3 Å². The normalized spacial score (nSPS) is 14.5. The van der Waals surface area contributed by atoms with Gasteiger partial charge in [0.25, 0.3) is 0 Å². The average molecular weight is 1190 g/mol. The Labute approximate surface area is 486 Å². The van der Waals surface area contributed by atoms with Crippen molar-refractivity contribution in [3.63, 3.8) is 0 Å². The second kappa shape index (κ2) is 52.6. The van der Waals surface area contributed by atoms with Crippen LogP contribution in [0.15, 0.2) is 0 Å². The molecule has 0 aliphatic heterocycles. The van der Waals surface area contributed by atoms with Crippen molar-refractivity contribution in [1.29, 1.82) is 0 Å². The van der Waals surface area contributed by atoms with Gasteiger partial charge in [-0.3, -0.25) is 37.3 Å². The zero-order chi connectivity index (χ0) is 59.5. The molecule has 17 nitrogen and oxygen atoms in total. The number of carbonyl (C=O) groups excluding carboxylic acids is 4. The molecule has 0 saturated heterocycles. The van der Waals surface area contributed by atoms with E-state index in [9.17, 15) is 43.2 Å². The Morgan fingerprint density at radius 3 is 0.850 bits per heavy atom. The number of unbranched alkanes of at least 4 members (excludes halogenated alkanes) is 27. The molecule has 0 aromatic heterocycles. The molecule has 19 heteroatoms. The van der Waals surface area contributed by atoms with E-state index in [-0.39, 0.29) is 25.7 Å². The van der Waals surface area contributed by atoms with Crippen molar-refractivity contribution >= 4 is 39.5 Å². The fourth-order valence-electron chi connectivity index (χ4n) is 8.95. The molecule has 0 bridgehead atoms. The van der Waals surface area contributed by atoms with Crippen molar-refractivity contribution in [2.45, 2.75) is 311 Å². The first-order valence-electron chi connectivity index (χ1n) is 31.8. The summed E-state index contributed by atoms with van der Waals surface area (Å²) in [6, 6.07) is 0. The highest BCUT2D eigenvalue weighted by atomic mass is 31.2. The molecule has 2 unspecified atom stereocenters. The summed E-state index contributed by atoms with van der Waals surface area (Å²) in [6.07, 6.45) is 32.3. The van der Waals surface area contributed by atoms with Crippen LogP contribution >= 0.6 is 15.6 Å². The maximum atomic E-state index is 12.9. The number of hydrogen-bond donors (Lipinski definition) is 3. The lowest BCUT2D eigenvalue weighted by atomic mass is 10.0. The first-order valence-corrected chi connectivity index (χ1v) is 34.8. The van der Waals surface area contributed by atoms with Crippen LogP contribution in [0.3, 0.4) is 0 Å². The fourth-order valence-corrected chi connectivity index (χ4v) is 10.5. The Morgan fingerprint density at radius 2 is 0.575 bits per heavy atom. The number of aliphatic hydroxyl groups is 1. The highest BCUT2D eigenvalue weighted by Crippen LogP contribution is 2.45. The predicted molar refractivity (Wildman–Crippen MR) is 317 cm³/mol. The molecule has 0 aromatic carbocycles. The van der Waals surface area contributed by atoms with Crippen LogP contribution in [0.2, 0.25) is 0 Å². The monoisotopic (exact) mass is 1180 g/mol. The second-order valence-electron chi connectivity index (χ2n) is 23.5. The molecule has 0 aliphatic carbocycles. The summed E-state index contributed by atoms with van der Waals surface area (Å²) in [6.45, 7) is 11.6. The van der Waals surface area contributed by atoms with Crippen LogP contribution in [0.1, 0.15) is 292 Å². The summed E-state index contributed by atoms with van der Waals surface area (Å²) in [4.78, 5) is 72.0. The minimum Gasteiger partial charge on any atom is -0.462 e. The number of ether oxygens (including phenoxy) is 4. The highest BCUT2D eigenvalue weighted by molar-refractivity contribution is 7.47. The van der Waals surface area contributed by atoms with Crippen LogP contribution in [-0.2, 0) is 65.4 Å². The number of aliphatic hydroxyl groups excluding tert-OH is 1. The maximum absolute atomic E-state index is 12.9. The molecular formula is C61H118O17P2. The molecule has 0 heterocycles. The van der Waals surface area contributed by atoms with Gasteiger partial charge in [0.2, 0.25) is 0 Å². The Balaban J connectivity index is 5.24. The van der Waals surface area contributed by atoms with Gasteiger partial charge in [-0.1, -0.05) is 241 Å². The fraction of sp³-hybridized carbons (Fsp3) is 0.934. The highest BCUT2D eigenvalue weighted by Gasteiger charge is 2.30. The molecule has 5 atom stereocenters. The lowest BCUT2D eigenvalue weighted by molar-refractivity contribution is -0.161. The number of carbonyl (C=O) groups is 4. The summed E-state index contributed by atoms with van der Waals surface area (Å²) in [5.41, 5.74) is 0. The van der Waals surface area contributed by atoms with Gasteiger partial charge < -0.3 is 33.8 Å². The van der Waals surface area contributed by atoms with Crippen molar-refractivity contribution in [1.82, 2.24) is 0 Å². The number of hydrogen-bond acceptors (Lipinski definition) is 15. The van der Waals surface area contributed by atoms with E-state index in [2.05, 4.69) is 48.5 Å². The van der Waals surface area contributed by atoms with Gasteiger partial charge in [0, 0.05) is 25.7 Å². The third-order valence-electron chi connectivity index (χ3n) is 13.9. The zero-order valence-corrected chi connectivity index (χ0v) is 53.3. The molecule has 474 valence electrons. The zero-order valence-electron chi connectivity index (χ0n) is 51.5. The van der Waals surface area contributed by atoms with Crippen molar-refractivity contribution in [2.24, 2.45) is 17.8 Å². The van der Waals surface area contributed by atoms with Gasteiger partial charge >= 0.3 is 39.5 Å². The van der Waals surface area contributed by atoms with Crippen LogP contribution in [0.5, 0.6) is 0 Å². The molecular weight excluding hydrogens is 1070 g/mol. The van der Waals surface area contributed by atoms with Gasteiger partial charge in [-0.2, -0.15) is 0 Å². The van der Waals surface area contributed by atoms with Crippen molar-refractivity contribution < 1.29 is 80.2 Å². The molecule has 0 amide bonds. The maximum Gasteiger partial charge on any atom is 0.472 e. The number of esters is 4. The van der Waals surface area contributed by atoms with Gasteiger partial charge in [-0.05, 0) is 43.4 Å². The van der Waals surface area contributed by atoms with Gasteiger partial charge in [0.15, 0.2) is 12.2 Å². The minimum atomic E-state index is -4.94. The third kappa shape index (κ3) is 55.3. The summed E-state index contributed by atoms with van der Waals surface area (Å²) in [7, 11) is -9.88. The molecule has 0 fully saturated rings. The minimum absolute atomic E-state index is 0.103. The Morgan fingerprint density at radius 1 is 0.338 bits per heavy atom. The number of phosphoric acid groups is 2. The lowest BCUT2D eigenvalue weighted by Gasteiger charge is -2.21. The molecule has 3 N–H and O–H groups in total. The van der Waals surface area contributed by atoms with E-state index in [0.717, 1.165) is 108 Å². The Kier molecular flexibility index (Phi) is 51.3. The van der Waals surface area contributed by atoms with Crippen LogP contribution in [0.4, 0.5) is 0 Å². The van der Waals surface area contributed by atoms with Gasteiger partial charge in [-0.25, -0.2) is 9.13 Å². The smallest absolute Gasteiger partial charge is 0.462 e. The summed E-state index contributed by atoms with van der Waals surface area (Å²) in [5.74, 6) is -0.00536. The molecule has 80 heavy (non-hydrogen) atoms. The van der Waals surface area contributed by atoms with E-state index in [1.165, 1.54) is 96.3 Å². The van der Waals surface area contributed by atoms with E-state index in [4.69, 9.17) is 37.0 Å². The average Bonchev–Trinajstić information content (AvgIpc) is 3.40. The lowest BCUT2D eigenvalue weighted by Crippen LogP contribution is -2.30. The van der Waals surface area contributed by atoms with Crippen molar-refractivity contribution in [3.8, 4) is 0 Å². The van der Waals surface area contributed by atoms with E-state index in [0.29, 0.717) is 31.6 Å². The van der Waals surface area contributed by atoms with E-state index >= 15 is 0 Å². The van der Waals surface area contributed by atoms with Crippen LogP contribution in [-0.4, -0.2) is 96.7 Å². The van der Waals surface area contributed by atoms with Gasteiger partial charge in [0.05, 0.1) is 26.4 Å². The molecule has 0 aromatic rings. The molecule has 0 rings (SSSR count). The number of phosphoric ester groups is 2. The standard InChI is InChI=1S/C61H118O17P2/c1-8-9-10-11-12-21-28-35-42-58(63)71-48-57(78-61(66)45-38-31-24-17-20-27-34-41-54(6)7)51-76-80(69,70)74-47-55(62)46-73-79(67,68)75-50-56(77-60(65)44-37-30-23-16-14-19-26-33-40-53(4)5)49-72-59(64)43-36-29-22-15-13-18-25-32-39-52(2)3/h52-57,62H,8-51H2,1-7H3,(H,67,68)(H,69,70)/t55-,56-,57-/m1/s1. The SMILES string of the molecule is CCCCCCCCCCC(=O)OC[C@H](COP(=O)(O)OC[C@H](O)COP(=O)(O)OC[C@@H](COC(=O)CCCCCCCCCCC(C)C)OC(=O)CCCCCCCCCCC(C)C)OC(=O)CCCCCCCCCC(C)C. The summed E-state index contributed by atoms with van der Waals surface area (Å²) >= 11 is 0. The predicted octanol–water partition coefficient (Wildman–Crippen LogP) is 16.3. The van der Waals surface area contributed by atoms with Crippen molar-refractivity contribution in [2.75, 3.05) is 39.6 Å². The van der Waals surface area contributed by atoms with E-state index < -0.39 is 97.5 Å². The largest absolute Gasteiger partial charge is 0.472 e. The second-order valence-corrected chi connectivity index (χ2v) is 26.4. The quantitative estimate of drug-likeness (QED) is 0.0222. The Bertz CT molecular complexity index is 1600. The Hall–Kier alpha value is -1.94. The molecule has 0 saturated carbocycles. The van der Waals surface area contributed by atoms with Gasteiger partial charge in [-0.15, -0.1) is 0 Å². The molecule has 0 radical (unpaired) electrons. The van der Waals surface area contributed by atoms with Crippen molar-refractivity contribution in [3.05, 3.63) is 0 Å². The third-order valence-corrected chi connectivity index (χ3v) is 15.8. The van der Waals surface area contributed by atoms with E-state index in [1.807, 2.05) is 0 Å². The first-order chi connectivity index (χ1) is 38.2. The first kappa shape index (κ1) is 78.1. The molecule has 0 spiro atoms. The van der Waals surface area contributed by atoms with Crippen LogP contribution in [0.25, 0.3) is 0 Å². The summed E-state index contributed by atoms with van der Waals surface area (Å²) < 4.78 is 67.8. The van der Waals surface area contributed by atoms with Crippen LogP contribution < -0.4 is 0 Å². The van der Waals surface area contributed by atoms with Crippen LogP contribution in [0, 0.1) is 17.8 Å². The molecule has 0 aliphatic rings. The van der Waals surface area contributed by atoms with E-state index in [1.54, 1.807) is 0 Å². The topological polar surface area (TPSA) is 237 Å².